The van der Waals surface area contributed by atoms with Crippen LogP contribution in [0.15, 0.2) is 29.2 Å². The number of rotatable bonds is 6. The van der Waals surface area contributed by atoms with Crippen LogP contribution in [0.2, 0.25) is 0 Å². The van der Waals surface area contributed by atoms with Crippen LogP contribution in [-0.4, -0.2) is 17.8 Å². The van der Waals surface area contributed by atoms with E-state index in [4.69, 9.17) is 0 Å². The van der Waals surface area contributed by atoms with Gasteiger partial charge in [0.1, 0.15) is 6.29 Å². The van der Waals surface area contributed by atoms with E-state index >= 15 is 0 Å². The van der Waals surface area contributed by atoms with Gasteiger partial charge < -0.3 is 4.79 Å². The maximum Gasteiger partial charge on any atom is 0.212 e. The average Bonchev–Trinajstić information content (AvgIpc) is 2.75. The van der Waals surface area contributed by atoms with E-state index in [1.807, 2.05) is 31.4 Å². The van der Waals surface area contributed by atoms with Crippen molar-refractivity contribution >= 4 is 17.6 Å². The van der Waals surface area contributed by atoms with E-state index in [9.17, 15) is 14.9 Å². The molecule has 0 unspecified atom stereocenters. The van der Waals surface area contributed by atoms with Gasteiger partial charge in [-0.3, -0.25) is 10.1 Å². The fourth-order valence-electron chi connectivity index (χ4n) is 1.70. The van der Waals surface area contributed by atoms with Gasteiger partial charge in [0.15, 0.2) is 0 Å². The molecular weight excluding hydrogens is 238 g/mol. The van der Waals surface area contributed by atoms with Gasteiger partial charge in [0, 0.05) is 15.7 Å². The lowest BCUT2D eigenvalue weighted by molar-refractivity contribution is -0.484. The molecule has 92 valence electrons. The molecule has 0 fully saturated rings. The summed E-state index contributed by atoms with van der Waals surface area (Å²) in [6, 6.07) is 3.69. The van der Waals surface area contributed by atoms with Gasteiger partial charge in [0.05, 0.1) is 5.92 Å². The Morgan fingerprint density at radius 1 is 1.59 bits per heavy atom. The molecule has 0 aliphatic carbocycles. The van der Waals surface area contributed by atoms with Crippen LogP contribution in [0.1, 0.15) is 24.6 Å². The molecule has 0 bridgehead atoms. The van der Waals surface area contributed by atoms with Gasteiger partial charge in [0.25, 0.3) is 0 Å². The first-order chi connectivity index (χ1) is 8.04. The number of hydrogen-bond donors (Lipinski definition) is 0. The lowest BCUT2D eigenvalue weighted by Gasteiger charge is -2.15. The number of aldehydes is 1. The van der Waals surface area contributed by atoms with Crippen LogP contribution in [0.5, 0.6) is 0 Å². The van der Waals surface area contributed by atoms with Gasteiger partial charge in [-0.25, -0.2) is 0 Å². The minimum Gasteiger partial charge on any atom is -0.303 e. The number of thiophene rings is 1. The Bertz CT molecular complexity index is 407. The van der Waals surface area contributed by atoms with Crippen molar-refractivity contribution in [1.82, 2.24) is 0 Å². The maximum absolute atomic E-state index is 11.1. The van der Waals surface area contributed by atoms with E-state index in [1.54, 1.807) is 6.08 Å². The van der Waals surface area contributed by atoms with E-state index in [0.29, 0.717) is 0 Å². The second-order valence-corrected chi connectivity index (χ2v) is 5.07. The van der Waals surface area contributed by atoms with Crippen LogP contribution in [0, 0.1) is 16.0 Å². The largest absolute Gasteiger partial charge is 0.303 e. The maximum atomic E-state index is 11.1. The van der Waals surface area contributed by atoms with Crippen molar-refractivity contribution in [2.75, 3.05) is 6.54 Å². The summed E-state index contributed by atoms with van der Waals surface area (Å²) < 4.78 is 0. The van der Waals surface area contributed by atoms with E-state index in [1.165, 1.54) is 11.3 Å². The Balaban J connectivity index is 3.00. The molecule has 17 heavy (non-hydrogen) atoms. The number of nitro groups is 1. The minimum absolute atomic E-state index is 0.215. The van der Waals surface area contributed by atoms with Crippen molar-refractivity contribution < 1.29 is 9.72 Å². The highest BCUT2D eigenvalue weighted by atomic mass is 32.1. The molecule has 0 saturated carbocycles. The molecule has 1 aromatic rings. The number of allylic oxidation sites excluding steroid dienone is 2. The molecule has 0 spiro atoms. The standard InChI is InChI=1S/C12H15NO3S/c1-9(2)6-10(8-14)11(7-13(15)16)12-4-3-5-17-12/h3-6,8,10-11H,7H2,1-2H3/t10-,11-/m0/s1. The predicted molar refractivity (Wildman–Crippen MR) is 67.9 cm³/mol. The molecular formula is C12H15NO3S. The first-order valence-corrected chi connectivity index (χ1v) is 6.18. The smallest absolute Gasteiger partial charge is 0.212 e. The van der Waals surface area contributed by atoms with E-state index < -0.39 is 5.92 Å². The lowest BCUT2D eigenvalue weighted by Crippen LogP contribution is -2.20. The quantitative estimate of drug-likeness (QED) is 0.339. The number of carbonyl (C=O) groups excluding carboxylic acids is 1. The zero-order valence-electron chi connectivity index (χ0n) is 9.83. The second kappa shape index (κ2) is 6.30. The van der Waals surface area contributed by atoms with Gasteiger partial charge in [0.2, 0.25) is 6.54 Å². The molecule has 0 aromatic carbocycles. The van der Waals surface area contributed by atoms with E-state index in [2.05, 4.69) is 0 Å². The van der Waals surface area contributed by atoms with Crippen LogP contribution in [0.25, 0.3) is 0 Å². The van der Waals surface area contributed by atoms with Gasteiger partial charge >= 0.3 is 0 Å². The molecule has 0 saturated heterocycles. The molecule has 1 rings (SSSR count). The van der Waals surface area contributed by atoms with Gasteiger partial charge in [-0.15, -0.1) is 11.3 Å². The molecule has 0 aliphatic rings. The van der Waals surface area contributed by atoms with E-state index in [0.717, 1.165) is 16.7 Å². The molecule has 5 heteroatoms. The highest BCUT2D eigenvalue weighted by molar-refractivity contribution is 7.10. The molecule has 0 N–H and O–H groups in total. The van der Waals surface area contributed by atoms with Crippen LogP contribution >= 0.6 is 11.3 Å². The van der Waals surface area contributed by atoms with Crippen molar-refractivity contribution in [3.8, 4) is 0 Å². The molecule has 2 atom stereocenters. The fraction of sp³-hybridized carbons (Fsp3) is 0.417. The topological polar surface area (TPSA) is 60.2 Å². The van der Waals surface area contributed by atoms with Crippen LogP contribution < -0.4 is 0 Å². The fourth-order valence-corrected chi connectivity index (χ4v) is 2.58. The molecule has 0 aliphatic heterocycles. The summed E-state index contributed by atoms with van der Waals surface area (Å²) in [5.74, 6) is -0.790. The third kappa shape index (κ3) is 4.11. The average molecular weight is 253 g/mol. The molecule has 1 aromatic heterocycles. The Morgan fingerprint density at radius 3 is 2.71 bits per heavy atom. The first-order valence-electron chi connectivity index (χ1n) is 5.30. The summed E-state index contributed by atoms with van der Waals surface area (Å²) in [5.41, 5.74) is 0.993. The zero-order chi connectivity index (χ0) is 12.8. The van der Waals surface area contributed by atoms with Crippen LogP contribution in [-0.2, 0) is 4.79 Å². The third-order valence-electron chi connectivity index (χ3n) is 2.40. The summed E-state index contributed by atoms with van der Waals surface area (Å²) >= 11 is 1.45. The summed E-state index contributed by atoms with van der Waals surface area (Å²) in [6.07, 6.45) is 2.59. The Kier molecular flexibility index (Phi) is 5.03. The molecule has 0 radical (unpaired) electrons. The second-order valence-electron chi connectivity index (χ2n) is 4.09. The molecule has 0 amide bonds. The van der Waals surface area contributed by atoms with Crippen molar-refractivity contribution in [3.05, 3.63) is 44.2 Å². The lowest BCUT2D eigenvalue weighted by atomic mass is 9.90. The van der Waals surface area contributed by atoms with Gasteiger partial charge in [-0.2, -0.15) is 0 Å². The van der Waals surface area contributed by atoms with Gasteiger partial charge in [-0.05, 0) is 25.3 Å². The monoisotopic (exact) mass is 253 g/mol. The van der Waals surface area contributed by atoms with Crippen LogP contribution in [0.3, 0.4) is 0 Å². The molecule has 1 heterocycles. The van der Waals surface area contributed by atoms with Crippen LogP contribution in [0.4, 0.5) is 0 Å². The van der Waals surface area contributed by atoms with Crippen molar-refractivity contribution in [2.24, 2.45) is 5.92 Å². The Labute approximate surface area is 104 Å². The van der Waals surface area contributed by atoms with Gasteiger partial charge in [-0.1, -0.05) is 17.7 Å². The SMILES string of the molecule is CC(C)=C[C@@H](C=O)[C@H](C[N+](=O)[O-])c1cccs1. The third-order valence-corrected chi connectivity index (χ3v) is 3.41. The minimum atomic E-state index is -0.427. The number of hydrogen-bond acceptors (Lipinski definition) is 4. The summed E-state index contributed by atoms with van der Waals surface area (Å²) in [5, 5.41) is 12.6. The van der Waals surface area contributed by atoms with Crippen molar-refractivity contribution in [1.29, 1.82) is 0 Å². The number of nitrogens with zero attached hydrogens (tertiary/aromatic N) is 1. The van der Waals surface area contributed by atoms with Crippen molar-refractivity contribution in [3.63, 3.8) is 0 Å². The Hall–Kier alpha value is -1.49. The Morgan fingerprint density at radius 2 is 2.29 bits per heavy atom. The summed E-state index contributed by atoms with van der Waals surface area (Å²) in [4.78, 5) is 22.3. The first kappa shape index (κ1) is 13.6. The highest BCUT2D eigenvalue weighted by Gasteiger charge is 2.26. The summed E-state index contributed by atoms with van der Waals surface area (Å²) in [7, 11) is 0. The van der Waals surface area contributed by atoms with Crippen molar-refractivity contribution in [2.45, 2.75) is 19.8 Å². The normalized spacial score (nSPS) is 13.8. The predicted octanol–water partition coefficient (Wildman–Crippen LogP) is 2.89. The number of carbonyl (C=O) groups is 1. The summed E-state index contributed by atoms with van der Waals surface area (Å²) in [6.45, 7) is 3.55. The molecule has 4 nitrogen and oxygen atoms in total. The zero-order valence-corrected chi connectivity index (χ0v) is 10.6. The highest BCUT2D eigenvalue weighted by Crippen LogP contribution is 2.29. The van der Waals surface area contributed by atoms with E-state index in [-0.39, 0.29) is 17.4 Å².